The van der Waals surface area contributed by atoms with E-state index in [2.05, 4.69) is 0 Å². The summed E-state index contributed by atoms with van der Waals surface area (Å²) in [4.78, 5) is 0. The van der Waals surface area contributed by atoms with Crippen LogP contribution in [0.3, 0.4) is 0 Å². The van der Waals surface area contributed by atoms with Crippen molar-refractivity contribution < 1.29 is 55.9 Å². The molecule has 0 rings (SSSR count). The summed E-state index contributed by atoms with van der Waals surface area (Å²) < 4.78 is 34.1. The summed E-state index contributed by atoms with van der Waals surface area (Å²) in [5.74, 6) is 0. The highest BCUT2D eigenvalue weighted by Crippen LogP contribution is 1.57. The van der Waals surface area contributed by atoms with Crippen molar-refractivity contribution in [2.45, 2.75) is 0 Å². The minimum Gasteiger partial charge on any atom is -0.759 e. The summed E-state index contributed by atoms with van der Waals surface area (Å²) in [6, 6.07) is 0. The van der Waals surface area contributed by atoms with Gasteiger partial charge >= 0.3 is 0 Å². The average Bonchev–Trinajstić information content (AvgIpc) is 0.722. The lowest BCUT2D eigenvalue weighted by Gasteiger charge is -2.06. The van der Waals surface area contributed by atoms with Gasteiger partial charge in [0.15, 0.2) is 0 Å². The van der Waals surface area contributed by atoms with Crippen LogP contribution in [0.4, 0.5) is 0 Å². The van der Waals surface area contributed by atoms with Crippen LogP contribution in [0.5, 0.6) is 0 Å². The zero-order valence-electron chi connectivity index (χ0n) is 5.54. The van der Waals surface area contributed by atoms with Gasteiger partial charge in [0.1, 0.15) is 0 Å². The van der Waals surface area contributed by atoms with Gasteiger partial charge in [0, 0.05) is 10.4 Å². The Balaban J connectivity index is -0.00000000381. The topological polar surface area (TPSA) is 301 Å². The highest BCUT2D eigenvalue weighted by atomic mass is 32.3. The van der Waals surface area contributed by atoms with Crippen LogP contribution in [0.2, 0.25) is 0 Å². The number of hydrogen-bond donors (Lipinski definition) is 0. The molecule has 0 spiro atoms. The van der Waals surface area contributed by atoms with E-state index < -0.39 is 10.4 Å². The first-order valence-corrected chi connectivity index (χ1v) is 2.00. The Morgan fingerprint density at radius 2 is 0.583 bits per heavy atom. The largest absolute Gasteiger partial charge is 0.759 e. The molecule has 0 unspecified atom stereocenters. The van der Waals surface area contributed by atoms with Crippen LogP contribution in [0.25, 0.3) is 0 Å². The predicted molar refractivity (Wildman–Crippen MR) is 35.8 cm³/mol. The molecule has 88 valence electrons. The fraction of sp³-hybridized carbons (Fsp3) is 0. The fourth-order valence-corrected chi connectivity index (χ4v) is 0. The normalized spacial score (nSPS) is 4.83. The molecule has 0 aromatic rings. The maximum atomic E-state index is 8.52. The second-order valence-corrected chi connectivity index (χ2v) is 1.22. The average molecular weight is 222 g/mol. The van der Waals surface area contributed by atoms with Gasteiger partial charge in [-0.1, -0.05) is 0 Å². The highest BCUT2D eigenvalue weighted by molar-refractivity contribution is 7.79. The summed E-state index contributed by atoms with van der Waals surface area (Å²) in [6.07, 6.45) is 0. The predicted octanol–water partition coefficient (Wildman–Crippen LogP) is -7.11. The molecule has 0 aliphatic carbocycles. The Bertz CT molecular complexity index is 88.2. The molecule has 0 saturated heterocycles. The molecule has 0 saturated carbocycles. The summed E-state index contributed by atoms with van der Waals surface area (Å²) >= 11 is 0. The zero-order chi connectivity index (χ0) is 4.50. The molecule has 0 amide bonds. The second kappa shape index (κ2) is 31.2. The van der Waals surface area contributed by atoms with Crippen LogP contribution in [0.15, 0.2) is 0 Å². The Hall–Kier alpha value is -0.410. The van der Waals surface area contributed by atoms with Crippen LogP contribution in [0.1, 0.15) is 0 Å². The van der Waals surface area contributed by atoms with Crippen molar-refractivity contribution in [2.75, 3.05) is 0 Å². The van der Waals surface area contributed by atoms with Crippen molar-refractivity contribution in [3.8, 4) is 0 Å². The second-order valence-electron chi connectivity index (χ2n) is 0.408. The molecule has 0 aliphatic heterocycles. The van der Waals surface area contributed by atoms with Gasteiger partial charge in [-0.2, -0.15) is 0 Å². The van der Waals surface area contributed by atoms with E-state index in [1.807, 2.05) is 0 Å². The molecule has 12 heavy (non-hydrogen) atoms. The third kappa shape index (κ3) is 4210. The Morgan fingerprint density at radius 1 is 0.583 bits per heavy atom. The molecule has 0 bridgehead atoms. The van der Waals surface area contributed by atoms with Crippen molar-refractivity contribution in [3.05, 3.63) is 0 Å². The molecular formula is H14O11S-2. The lowest BCUT2D eigenvalue weighted by molar-refractivity contribution is 0.352. The van der Waals surface area contributed by atoms with Crippen molar-refractivity contribution in [3.63, 3.8) is 0 Å². The third-order valence-electron chi connectivity index (χ3n) is 0. The van der Waals surface area contributed by atoms with E-state index in [-0.39, 0.29) is 38.3 Å². The lowest BCUT2D eigenvalue weighted by atomic mass is 15.8. The van der Waals surface area contributed by atoms with Gasteiger partial charge in [-0.3, -0.25) is 8.42 Å². The van der Waals surface area contributed by atoms with Crippen LogP contribution in [-0.2, 0) is 10.4 Å². The van der Waals surface area contributed by atoms with Gasteiger partial charge in [-0.05, 0) is 0 Å². The molecule has 11 nitrogen and oxygen atoms in total. The standard InChI is InChI=1S/H2O4S.7H2O/c1-5(2,3)4;;;;;;;/h(H2,1,2,3,4);7*1H2/p-2. The molecule has 0 atom stereocenters. The molecule has 0 fully saturated rings. The van der Waals surface area contributed by atoms with Gasteiger partial charge in [-0.15, -0.1) is 0 Å². The lowest BCUT2D eigenvalue weighted by Crippen LogP contribution is -1.91. The maximum Gasteiger partial charge on any atom is 0.0311 e. The summed E-state index contributed by atoms with van der Waals surface area (Å²) in [5, 5.41) is 0. The van der Waals surface area contributed by atoms with Crippen LogP contribution in [0, 0.1) is 0 Å². The van der Waals surface area contributed by atoms with Gasteiger partial charge in [-0.25, -0.2) is 0 Å². The highest BCUT2D eigenvalue weighted by Gasteiger charge is 1.49. The molecule has 14 N–H and O–H groups in total. The monoisotopic (exact) mass is 222 g/mol. The van der Waals surface area contributed by atoms with Crippen LogP contribution in [-0.4, -0.2) is 55.9 Å². The van der Waals surface area contributed by atoms with E-state index in [4.69, 9.17) is 17.5 Å². The van der Waals surface area contributed by atoms with Gasteiger partial charge in [0.25, 0.3) is 0 Å². The molecule has 0 aromatic heterocycles. The quantitative estimate of drug-likeness (QED) is 0.284. The van der Waals surface area contributed by atoms with E-state index in [1.165, 1.54) is 0 Å². The summed E-state index contributed by atoms with van der Waals surface area (Å²) in [7, 11) is -5.17. The van der Waals surface area contributed by atoms with Crippen LogP contribution >= 0.6 is 0 Å². The number of hydrogen-bond acceptors (Lipinski definition) is 4. The SMILES string of the molecule is O.O.O.O.O.O.O.O=S(=O)([O-])[O-]. The van der Waals surface area contributed by atoms with Gasteiger partial charge < -0.3 is 47.4 Å². The van der Waals surface area contributed by atoms with E-state index >= 15 is 0 Å². The molecule has 0 aromatic carbocycles. The van der Waals surface area contributed by atoms with Crippen molar-refractivity contribution >= 4 is 10.4 Å². The third-order valence-corrected chi connectivity index (χ3v) is 0. The zero-order valence-corrected chi connectivity index (χ0v) is 6.36. The van der Waals surface area contributed by atoms with E-state index in [1.54, 1.807) is 0 Å². The number of rotatable bonds is 0. The van der Waals surface area contributed by atoms with E-state index in [9.17, 15) is 0 Å². The molecule has 0 heterocycles. The summed E-state index contributed by atoms with van der Waals surface area (Å²) in [5.41, 5.74) is 0. The van der Waals surface area contributed by atoms with Crippen LogP contribution < -0.4 is 0 Å². The molecule has 12 heteroatoms. The minimum absolute atomic E-state index is 0. The molecular weight excluding hydrogens is 208 g/mol. The minimum atomic E-state index is -5.17. The maximum absolute atomic E-state index is 8.52. The molecule has 0 radical (unpaired) electrons. The van der Waals surface area contributed by atoms with E-state index in [0.717, 1.165) is 0 Å². The first-order chi connectivity index (χ1) is 2.00. The van der Waals surface area contributed by atoms with Crippen molar-refractivity contribution in [1.82, 2.24) is 0 Å². The van der Waals surface area contributed by atoms with E-state index in [0.29, 0.717) is 0 Å². The Labute approximate surface area is 67.4 Å². The first-order valence-electron chi connectivity index (χ1n) is 0.667. The first kappa shape index (κ1) is 101. The van der Waals surface area contributed by atoms with Crippen molar-refractivity contribution in [1.29, 1.82) is 0 Å². The fourth-order valence-electron chi connectivity index (χ4n) is 0. The Morgan fingerprint density at radius 3 is 0.583 bits per heavy atom. The Kier molecular flexibility index (Phi) is 262. The van der Waals surface area contributed by atoms with Crippen molar-refractivity contribution in [2.24, 2.45) is 0 Å². The smallest absolute Gasteiger partial charge is 0.0311 e. The van der Waals surface area contributed by atoms with Gasteiger partial charge in [0.2, 0.25) is 0 Å². The summed E-state index contributed by atoms with van der Waals surface area (Å²) in [6.45, 7) is 0. The molecule has 0 aliphatic rings. The van der Waals surface area contributed by atoms with Gasteiger partial charge in [0.05, 0.1) is 0 Å².